The van der Waals surface area contributed by atoms with Crippen LogP contribution in [0.4, 0.5) is 0 Å². The lowest BCUT2D eigenvalue weighted by Gasteiger charge is -2.10. The molecule has 0 atom stereocenters. The van der Waals surface area contributed by atoms with Crippen LogP contribution in [0.5, 0.6) is 6.01 Å². The van der Waals surface area contributed by atoms with E-state index in [0.29, 0.717) is 0 Å². The third kappa shape index (κ3) is 2.35. The lowest BCUT2D eigenvalue weighted by molar-refractivity contribution is -1.91. The van der Waals surface area contributed by atoms with Crippen LogP contribution in [0.2, 0.25) is 0 Å². The van der Waals surface area contributed by atoms with Crippen LogP contribution >= 0.6 is 0 Å². The van der Waals surface area contributed by atoms with Gasteiger partial charge in [0.25, 0.3) is 0 Å². The van der Waals surface area contributed by atoms with Gasteiger partial charge >= 0.3 is 6.01 Å². The van der Waals surface area contributed by atoms with E-state index < -0.39 is 10.2 Å². The summed E-state index contributed by atoms with van der Waals surface area (Å²) >= 11 is 0. The second-order valence-electron chi connectivity index (χ2n) is 1.78. The van der Waals surface area contributed by atoms with Gasteiger partial charge in [0.2, 0.25) is 0 Å². The zero-order chi connectivity index (χ0) is 8.48. The van der Waals surface area contributed by atoms with Crippen LogP contribution in [0.1, 0.15) is 0 Å². The first-order chi connectivity index (χ1) is 4.99. The molecule has 0 fully saturated rings. The molecule has 1 aromatic heterocycles. The summed E-state index contributed by atoms with van der Waals surface area (Å²) in [4.78, 5) is 3.46. The molecule has 0 aliphatic heterocycles. The Morgan fingerprint density at radius 3 is 2.55 bits per heavy atom. The predicted octanol–water partition coefficient (Wildman–Crippen LogP) is -3.30. The van der Waals surface area contributed by atoms with Crippen LogP contribution in [-0.4, -0.2) is 9.55 Å². The van der Waals surface area contributed by atoms with Gasteiger partial charge in [-0.1, -0.05) is 0 Å². The van der Waals surface area contributed by atoms with Gasteiger partial charge in [-0.2, -0.15) is 19.0 Å². The van der Waals surface area contributed by atoms with E-state index in [1.165, 1.54) is 24.0 Å². The maximum absolute atomic E-state index is 9.99. The van der Waals surface area contributed by atoms with Crippen molar-refractivity contribution in [3.8, 4) is 6.01 Å². The third-order valence-electron chi connectivity index (χ3n) is 0.940. The number of nitrogens with zero attached hydrogens (tertiary/aromatic N) is 2. The lowest BCUT2D eigenvalue weighted by Crippen LogP contribution is -2.63. The van der Waals surface area contributed by atoms with Gasteiger partial charge in [-0.25, -0.2) is 0 Å². The minimum absolute atomic E-state index is 0.248. The largest absolute Gasteiger partial charge is 0.460 e. The molecule has 0 aromatic carbocycles. The highest BCUT2D eigenvalue weighted by molar-refractivity contribution is 4.94. The summed E-state index contributed by atoms with van der Waals surface area (Å²) in [6, 6.07) is -0.248. The maximum Gasteiger partial charge on any atom is 0.460 e. The molecule has 62 valence electrons. The normalized spacial score (nSPS) is 11.6. The summed E-state index contributed by atoms with van der Waals surface area (Å²) in [6.45, 7) is 0. The van der Waals surface area contributed by atoms with Crippen molar-refractivity contribution in [2.75, 3.05) is 0 Å². The highest BCUT2D eigenvalue weighted by Gasteiger charge is 2.22. The topological polar surface area (TPSA) is 96.2 Å². The molecule has 11 heavy (non-hydrogen) atoms. The lowest BCUT2D eigenvalue weighted by atomic mass is 10.9. The van der Waals surface area contributed by atoms with Crippen molar-refractivity contribution < 1.29 is 28.5 Å². The molecule has 6 nitrogen and oxygen atoms in total. The SMILES string of the molecule is Cn1ccnc1O[Cl+3]([O-])([O-])[O-]. The first-order valence-electron chi connectivity index (χ1n) is 2.57. The van der Waals surface area contributed by atoms with Crippen LogP contribution in [0.3, 0.4) is 0 Å². The zero-order valence-corrected chi connectivity index (χ0v) is 6.32. The van der Waals surface area contributed by atoms with Gasteiger partial charge in [-0.15, -0.1) is 0 Å². The molecular weight excluding hydrogens is 176 g/mol. The van der Waals surface area contributed by atoms with Gasteiger partial charge in [0.05, 0.1) is 0 Å². The number of aromatic nitrogens is 2. The minimum Gasteiger partial charge on any atom is -0.291 e. The summed E-state index contributed by atoms with van der Waals surface area (Å²) in [7, 11) is -2.94. The fourth-order valence-corrected chi connectivity index (χ4v) is 0.829. The Balaban J connectivity index is 2.72. The zero-order valence-electron chi connectivity index (χ0n) is 5.56. The van der Waals surface area contributed by atoms with Gasteiger partial charge in [0, 0.05) is 19.4 Å². The molecule has 0 bridgehead atoms. The third-order valence-corrected chi connectivity index (χ3v) is 1.27. The van der Waals surface area contributed by atoms with Crippen LogP contribution in [0, 0.1) is 10.2 Å². The average molecular weight is 181 g/mol. The van der Waals surface area contributed by atoms with E-state index in [1.54, 1.807) is 0 Å². The summed E-state index contributed by atoms with van der Waals surface area (Å²) in [5, 5.41) is 0. The van der Waals surface area contributed by atoms with Crippen LogP contribution < -0.4 is 18.3 Å². The molecule has 7 heteroatoms. The summed E-state index contributed by atoms with van der Waals surface area (Å²) in [6.07, 6.45) is 2.77. The van der Waals surface area contributed by atoms with Gasteiger partial charge in [-0.05, 0) is 4.29 Å². The number of imidazole rings is 1. The van der Waals surface area contributed by atoms with Crippen molar-refractivity contribution in [3.63, 3.8) is 0 Å². The Morgan fingerprint density at radius 1 is 1.55 bits per heavy atom. The Kier molecular flexibility index (Phi) is 2.01. The highest BCUT2D eigenvalue weighted by atomic mass is 35.7. The summed E-state index contributed by atoms with van der Waals surface area (Å²) < 4.78 is 35.2. The molecule has 1 rings (SSSR count). The molecule has 1 heterocycles. The van der Waals surface area contributed by atoms with Gasteiger partial charge in [0.15, 0.2) is 0 Å². The van der Waals surface area contributed by atoms with Crippen molar-refractivity contribution in [1.82, 2.24) is 9.55 Å². The molecule has 0 aliphatic carbocycles. The molecule has 0 unspecified atom stereocenters. The smallest absolute Gasteiger partial charge is 0.291 e. The van der Waals surface area contributed by atoms with E-state index in [-0.39, 0.29) is 6.01 Å². The Bertz CT molecular complexity index is 242. The maximum atomic E-state index is 9.99. The van der Waals surface area contributed by atoms with E-state index in [1.807, 2.05) is 0 Å². The molecular formula is C4H5ClN2O4. The summed E-state index contributed by atoms with van der Waals surface area (Å²) in [5.74, 6) is 0. The van der Waals surface area contributed by atoms with Crippen molar-refractivity contribution >= 4 is 0 Å². The average Bonchev–Trinajstić information content (AvgIpc) is 2.12. The van der Waals surface area contributed by atoms with E-state index in [2.05, 4.69) is 9.27 Å². The van der Waals surface area contributed by atoms with E-state index in [0.717, 1.165) is 0 Å². The van der Waals surface area contributed by atoms with Gasteiger partial charge in [-0.3, -0.25) is 4.57 Å². The molecule has 0 radical (unpaired) electrons. The van der Waals surface area contributed by atoms with Crippen molar-refractivity contribution in [3.05, 3.63) is 12.4 Å². The molecule has 1 aromatic rings. The number of aryl methyl sites for hydroxylation is 1. The molecule has 0 amide bonds. The molecule has 0 saturated heterocycles. The van der Waals surface area contributed by atoms with Crippen molar-refractivity contribution in [2.24, 2.45) is 7.05 Å². The first-order valence-corrected chi connectivity index (χ1v) is 3.80. The van der Waals surface area contributed by atoms with E-state index >= 15 is 0 Å². The quantitative estimate of drug-likeness (QED) is 0.475. The Labute approximate surface area is 64.4 Å². The number of hydrogen-bond donors (Lipinski definition) is 0. The fraction of sp³-hybridized carbons (Fsp3) is 0.250. The number of halogens is 1. The van der Waals surface area contributed by atoms with Gasteiger partial charge < -0.3 is 0 Å². The molecule has 0 spiro atoms. The Hall–Kier alpha value is -0.820. The number of hydrogen-bond acceptors (Lipinski definition) is 5. The second kappa shape index (κ2) is 2.67. The monoisotopic (exact) mass is 180 g/mol. The molecule has 0 N–H and O–H groups in total. The Morgan fingerprint density at radius 2 is 2.18 bits per heavy atom. The molecule has 0 saturated carbocycles. The van der Waals surface area contributed by atoms with E-state index in [9.17, 15) is 14.0 Å². The van der Waals surface area contributed by atoms with Gasteiger partial charge in [0.1, 0.15) is 10.2 Å². The van der Waals surface area contributed by atoms with Crippen LogP contribution in [-0.2, 0) is 7.05 Å². The minimum atomic E-state index is -4.44. The first kappa shape index (κ1) is 8.28. The van der Waals surface area contributed by atoms with Crippen molar-refractivity contribution in [2.45, 2.75) is 0 Å². The fourth-order valence-electron chi connectivity index (χ4n) is 0.511. The molecule has 0 aliphatic rings. The van der Waals surface area contributed by atoms with Crippen molar-refractivity contribution in [1.29, 1.82) is 0 Å². The predicted molar refractivity (Wildman–Crippen MR) is 23.8 cm³/mol. The van der Waals surface area contributed by atoms with Crippen LogP contribution in [0.15, 0.2) is 12.4 Å². The highest BCUT2D eigenvalue weighted by Crippen LogP contribution is 2.06. The van der Waals surface area contributed by atoms with E-state index in [4.69, 9.17) is 0 Å². The number of rotatable bonds is 2. The second-order valence-corrected chi connectivity index (χ2v) is 2.69. The summed E-state index contributed by atoms with van der Waals surface area (Å²) in [5.41, 5.74) is 0. The van der Waals surface area contributed by atoms with Crippen LogP contribution in [0.25, 0.3) is 0 Å². The standard InChI is InChI=1S/C4H5ClN2O4/c1-7-3-2-6-4(7)11-5(8,9)10/h2-3H,1H3.